The molecule has 1 unspecified atom stereocenters. The standard InChI is InChI=1S/C23H22ClNO6S/c1-13(26)15-12-25-17(10-18(15)27)14-9-20(29-3)21(30-7-4-6-28-2)11-19(14)31-23(25)22-16(24)5-8-32-22/h5,8-12,23H,4,6-7H2,1-3H3. The molecule has 3 aromatic rings. The van der Waals surface area contributed by atoms with Gasteiger partial charge in [-0.2, -0.15) is 0 Å². The third-order valence-electron chi connectivity index (χ3n) is 5.11. The van der Waals surface area contributed by atoms with Crippen LogP contribution in [0.15, 0.2) is 40.6 Å². The van der Waals surface area contributed by atoms with E-state index in [0.717, 1.165) is 11.3 Å². The molecule has 0 bridgehead atoms. The average molecular weight is 476 g/mol. The Balaban J connectivity index is 1.86. The lowest BCUT2D eigenvalue weighted by Gasteiger charge is -2.31. The molecule has 0 aliphatic carbocycles. The van der Waals surface area contributed by atoms with Crippen LogP contribution in [0.3, 0.4) is 0 Å². The van der Waals surface area contributed by atoms with Crippen LogP contribution in [0, 0.1) is 0 Å². The fourth-order valence-electron chi connectivity index (χ4n) is 3.56. The van der Waals surface area contributed by atoms with Gasteiger partial charge in [0.1, 0.15) is 5.75 Å². The topological polar surface area (TPSA) is 76.0 Å². The Morgan fingerprint density at radius 2 is 2.03 bits per heavy atom. The number of hydrogen-bond donors (Lipinski definition) is 0. The fourth-order valence-corrected chi connectivity index (χ4v) is 4.73. The van der Waals surface area contributed by atoms with Gasteiger partial charge in [-0.25, -0.2) is 0 Å². The van der Waals surface area contributed by atoms with Gasteiger partial charge in [0.25, 0.3) is 0 Å². The van der Waals surface area contributed by atoms with E-state index in [-0.39, 0.29) is 16.8 Å². The van der Waals surface area contributed by atoms with Crippen molar-refractivity contribution >= 4 is 28.7 Å². The van der Waals surface area contributed by atoms with Gasteiger partial charge in [-0.15, -0.1) is 11.3 Å². The van der Waals surface area contributed by atoms with Crippen LogP contribution in [0.4, 0.5) is 0 Å². The van der Waals surface area contributed by atoms with Crippen LogP contribution in [0.2, 0.25) is 5.02 Å². The Hall–Kier alpha value is -2.81. The molecule has 9 heteroatoms. The first-order valence-corrected chi connectivity index (χ1v) is 11.2. The summed E-state index contributed by atoms with van der Waals surface area (Å²) in [6.07, 6.45) is 1.61. The number of aromatic nitrogens is 1. The van der Waals surface area contributed by atoms with Gasteiger partial charge in [0.05, 0.1) is 34.9 Å². The van der Waals surface area contributed by atoms with Gasteiger partial charge in [0.15, 0.2) is 22.7 Å². The summed E-state index contributed by atoms with van der Waals surface area (Å²) < 4.78 is 24.6. The summed E-state index contributed by atoms with van der Waals surface area (Å²) in [5.74, 6) is 1.24. The lowest BCUT2D eigenvalue weighted by molar-refractivity contribution is 0.101. The zero-order chi connectivity index (χ0) is 22.8. The molecule has 0 radical (unpaired) electrons. The van der Waals surface area contributed by atoms with Crippen molar-refractivity contribution in [3.8, 4) is 28.5 Å². The Morgan fingerprint density at radius 3 is 2.69 bits per heavy atom. The highest BCUT2D eigenvalue weighted by Crippen LogP contribution is 2.47. The van der Waals surface area contributed by atoms with Crippen molar-refractivity contribution in [3.05, 3.63) is 61.5 Å². The second-order valence-electron chi connectivity index (χ2n) is 7.20. The molecule has 0 saturated carbocycles. The van der Waals surface area contributed by atoms with E-state index in [2.05, 4.69) is 0 Å². The normalized spacial score (nSPS) is 14.3. The molecule has 4 rings (SSSR count). The van der Waals surface area contributed by atoms with Gasteiger partial charge in [-0.1, -0.05) is 11.6 Å². The smallest absolute Gasteiger partial charge is 0.213 e. The number of hydrogen-bond acceptors (Lipinski definition) is 7. The highest BCUT2D eigenvalue weighted by Gasteiger charge is 2.31. The van der Waals surface area contributed by atoms with Gasteiger partial charge in [0, 0.05) is 44.0 Å². The number of ether oxygens (including phenoxy) is 4. The third kappa shape index (κ3) is 4.13. The van der Waals surface area contributed by atoms with Crippen molar-refractivity contribution in [3.63, 3.8) is 0 Å². The number of fused-ring (bicyclic) bond motifs is 3. The summed E-state index contributed by atoms with van der Waals surface area (Å²) in [6.45, 7) is 2.39. The Morgan fingerprint density at radius 1 is 1.22 bits per heavy atom. The van der Waals surface area contributed by atoms with Crippen molar-refractivity contribution in [2.75, 3.05) is 27.4 Å². The molecule has 0 spiro atoms. The van der Waals surface area contributed by atoms with E-state index < -0.39 is 6.23 Å². The van der Waals surface area contributed by atoms with E-state index in [1.165, 1.54) is 30.5 Å². The molecule has 1 aliphatic heterocycles. The molecule has 1 aliphatic rings. The zero-order valence-electron chi connectivity index (χ0n) is 17.8. The number of nitrogens with zero attached hydrogens (tertiary/aromatic N) is 1. The number of Topliss-reactive ketones (excluding diaryl/α,β-unsaturated/α-hetero) is 1. The number of benzene rings is 1. The predicted octanol–water partition coefficient (Wildman–Crippen LogP) is 4.80. The van der Waals surface area contributed by atoms with Crippen LogP contribution < -0.4 is 19.6 Å². The lowest BCUT2D eigenvalue weighted by atomic mass is 10.0. The monoisotopic (exact) mass is 475 g/mol. The molecule has 0 fully saturated rings. The van der Waals surface area contributed by atoms with Crippen molar-refractivity contribution in [2.45, 2.75) is 19.6 Å². The van der Waals surface area contributed by atoms with E-state index in [1.807, 2.05) is 5.38 Å². The maximum Gasteiger partial charge on any atom is 0.213 e. The molecule has 0 saturated heterocycles. The van der Waals surface area contributed by atoms with Gasteiger partial charge < -0.3 is 23.5 Å². The van der Waals surface area contributed by atoms with Crippen molar-refractivity contribution < 1.29 is 23.7 Å². The molecule has 7 nitrogen and oxygen atoms in total. The van der Waals surface area contributed by atoms with E-state index in [0.29, 0.717) is 46.7 Å². The van der Waals surface area contributed by atoms with Crippen LogP contribution in [-0.2, 0) is 4.74 Å². The minimum absolute atomic E-state index is 0.0866. The average Bonchev–Trinajstić information content (AvgIpc) is 3.20. The Bertz CT molecular complexity index is 1220. The van der Waals surface area contributed by atoms with Gasteiger partial charge in [-0.05, 0) is 24.4 Å². The molecule has 0 N–H and O–H groups in total. The highest BCUT2D eigenvalue weighted by atomic mass is 35.5. The molecular formula is C23H22ClNO6S. The van der Waals surface area contributed by atoms with E-state index in [4.69, 9.17) is 30.5 Å². The van der Waals surface area contributed by atoms with E-state index in [1.54, 1.807) is 37.0 Å². The summed E-state index contributed by atoms with van der Waals surface area (Å²) in [5, 5.41) is 2.41. The van der Waals surface area contributed by atoms with Gasteiger partial charge in [0.2, 0.25) is 6.23 Å². The maximum atomic E-state index is 12.7. The summed E-state index contributed by atoms with van der Waals surface area (Å²) in [7, 11) is 3.19. The van der Waals surface area contributed by atoms with E-state index in [9.17, 15) is 9.59 Å². The summed E-state index contributed by atoms with van der Waals surface area (Å²) in [4.78, 5) is 25.4. The molecule has 32 heavy (non-hydrogen) atoms. The molecule has 1 aromatic carbocycles. The van der Waals surface area contributed by atoms with Crippen LogP contribution in [0.1, 0.15) is 34.8 Å². The second-order valence-corrected chi connectivity index (χ2v) is 8.55. The largest absolute Gasteiger partial charge is 0.493 e. The SMILES string of the molecule is COCCCOc1cc2c(cc1OC)-c1cc(=O)c(C(C)=O)cn1C(c1sccc1Cl)O2. The van der Waals surface area contributed by atoms with Crippen molar-refractivity contribution in [2.24, 2.45) is 0 Å². The summed E-state index contributed by atoms with van der Waals surface area (Å²) in [5.41, 5.74) is 0.984. The maximum absolute atomic E-state index is 12.7. The van der Waals surface area contributed by atoms with Crippen molar-refractivity contribution in [1.82, 2.24) is 4.57 Å². The summed E-state index contributed by atoms with van der Waals surface area (Å²) in [6, 6.07) is 6.76. The molecule has 168 valence electrons. The molecular weight excluding hydrogens is 454 g/mol. The van der Waals surface area contributed by atoms with Crippen molar-refractivity contribution in [1.29, 1.82) is 0 Å². The quantitative estimate of drug-likeness (QED) is 0.344. The minimum atomic E-state index is -0.640. The lowest BCUT2D eigenvalue weighted by Crippen LogP contribution is -2.27. The zero-order valence-corrected chi connectivity index (χ0v) is 19.4. The highest BCUT2D eigenvalue weighted by molar-refractivity contribution is 7.10. The molecule has 3 heterocycles. The Labute approximate surface area is 194 Å². The first kappa shape index (κ1) is 22.4. The number of thiophene rings is 1. The number of ketones is 1. The van der Waals surface area contributed by atoms with Crippen LogP contribution in [0.25, 0.3) is 11.3 Å². The first-order chi connectivity index (χ1) is 15.4. The van der Waals surface area contributed by atoms with Gasteiger partial charge >= 0.3 is 0 Å². The second kappa shape index (κ2) is 9.36. The van der Waals surface area contributed by atoms with Gasteiger partial charge in [-0.3, -0.25) is 9.59 Å². The number of halogens is 1. The number of methoxy groups -OCH3 is 2. The number of carbonyl (C=O) groups excluding carboxylic acids is 1. The minimum Gasteiger partial charge on any atom is -0.493 e. The van der Waals surface area contributed by atoms with Crippen LogP contribution in [0.5, 0.6) is 17.2 Å². The molecule has 1 atom stereocenters. The summed E-state index contributed by atoms with van der Waals surface area (Å²) >= 11 is 7.84. The van der Waals surface area contributed by atoms with E-state index >= 15 is 0 Å². The van der Waals surface area contributed by atoms with Crippen LogP contribution >= 0.6 is 22.9 Å². The first-order valence-electron chi connectivity index (χ1n) is 9.95. The fraction of sp³-hybridized carbons (Fsp3) is 0.304. The third-order valence-corrected chi connectivity index (χ3v) is 6.50. The Kier molecular flexibility index (Phi) is 6.55. The molecule has 0 amide bonds. The number of rotatable bonds is 8. The predicted molar refractivity (Wildman–Crippen MR) is 123 cm³/mol. The number of carbonyl (C=O) groups is 1. The molecule has 2 aromatic heterocycles. The number of pyridine rings is 1. The van der Waals surface area contributed by atoms with Crippen LogP contribution in [-0.4, -0.2) is 37.8 Å².